The number of nitriles is 1. The quantitative estimate of drug-likeness (QED) is 0.467. The fraction of sp³-hybridized carbons (Fsp3) is 0. The predicted molar refractivity (Wildman–Crippen MR) is 30.0 cm³/mol. The molecule has 0 saturated carbocycles. The minimum atomic E-state index is 0. The van der Waals surface area contributed by atoms with E-state index in [4.69, 9.17) is 5.26 Å². The fourth-order valence-corrected chi connectivity index (χ4v) is 0.461. The van der Waals surface area contributed by atoms with Crippen LogP contribution in [-0.4, -0.2) is 0 Å². The van der Waals surface area contributed by atoms with Crippen LogP contribution >= 0.6 is 0 Å². The van der Waals surface area contributed by atoms with Gasteiger partial charge in [-0.25, -0.2) is 0 Å². The van der Waals surface area contributed by atoms with Gasteiger partial charge in [-0.2, -0.15) is 35.6 Å². The van der Waals surface area contributed by atoms with Crippen LogP contribution in [0, 0.1) is 17.4 Å². The molecular weight excluding hydrogens is 205 g/mol. The van der Waals surface area contributed by atoms with E-state index in [0.29, 0.717) is 5.56 Å². The molecule has 0 fully saturated rings. The molecule has 2 heteroatoms. The van der Waals surface area contributed by atoms with Gasteiger partial charge in [0.15, 0.2) is 0 Å². The third kappa shape index (κ3) is 2.42. The molecule has 0 aliphatic rings. The van der Waals surface area contributed by atoms with Crippen LogP contribution in [-0.2, 0) is 20.4 Å². The summed E-state index contributed by atoms with van der Waals surface area (Å²) in [5.41, 5.74) is 0.684. The maximum atomic E-state index is 8.27. The molecule has 0 atom stereocenters. The Labute approximate surface area is 68.0 Å². The largest absolute Gasteiger partial charge is 0.195 e. The Bertz CT molecular complexity index is 200. The van der Waals surface area contributed by atoms with Crippen LogP contribution < -0.4 is 0 Å². The Kier molecular flexibility index (Phi) is 3.97. The molecule has 0 N–H and O–H groups in total. The second-order valence-electron chi connectivity index (χ2n) is 1.40. The zero-order valence-corrected chi connectivity index (χ0v) is 6.13. The Hall–Kier alpha value is -0.628. The summed E-state index contributed by atoms with van der Waals surface area (Å²) in [7, 11) is 0. The summed E-state index contributed by atoms with van der Waals surface area (Å²) in [5.74, 6) is 0. The molecule has 1 nitrogen and oxygen atoms in total. The smallest absolute Gasteiger partial charge is 0.0725 e. The van der Waals surface area contributed by atoms with Crippen LogP contribution in [0.2, 0.25) is 0 Å². The van der Waals surface area contributed by atoms with Crippen molar-refractivity contribution in [3.8, 4) is 6.07 Å². The van der Waals surface area contributed by atoms with E-state index in [1.165, 1.54) is 0 Å². The molecule has 0 heterocycles. The van der Waals surface area contributed by atoms with Crippen LogP contribution in [0.15, 0.2) is 24.3 Å². The first-order chi connectivity index (χ1) is 3.93. The standard InChI is InChI=1S/C7H4N.Pd/c8-6-7-4-2-1-3-5-7;/h2-5H;/q-1;. The van der Waals surface area contributed by atoms with Crippen molar-refractivity contribution in [1.82, 2.24) is 0 Å². The summed E-state index contributed by atoms with van der Waals surface area (Å²) < 4.78 is 0. The average molecular weight is 209 g/mol. The van der Waals surface area contributed by atoms with Gasteiger partial charge in [-0.05, 0) is 0 Å². The first-order valence-electron chi connectivity index (χ1n) is 2.29. The summed E-state index contributed by atoms with van der Waals surface area (Å²) in [6.07, 6.45) is 0. The van der Waals surface area contributed by atoms with E-state index in [2.05, 4.69) is 6.07 Å². The van der Waals surface area contributed by atoms with Crippen molar-refractivity contribution in [2.75, 3.05) is 0 Å². The SMILES string of the molecule is N#Cc1cc[c-]cc1.[Pd]. The van der Waals surface area contributed by atoms with E-state index < -0.39 is 0 Å². The van der Waals surface area contributed by atoms with Gasteiger partial charge >= 0.3 is 0 Å². The first kappa shape index (κ1) is 8.37. The summed E-state index contributed by atoms with van der Waals surface area (Å²) >= 11 is 0. The second-order valence-corrected chi connectivity index (χ2v) is 1.40. The van der Waals surface area contributed by atoms with E-state index in [9.17, 15) is 0 Å². The van der Waals surface area contributed by atoms with E-state index in [1.54, 1.807) is 24.3 Å². The van der Waals surface area contributed by atoms with E-state index >= 15 is 0 Å². The zero-order chi connectivity index (χ0) is 5.82. The first-order valence-corrected chi connectivity index (χ1v) is 2.29. The predicted octanol–water partition coefficient (Wildman–Crippen LogP) is 1.36. The molecule has 1 aromatic carbocycles. The van der Waals surface area contributed by atoms with E-state index in [-0.39, 0.29) is 20.4 Å². The van der Waals surface area contributed by atoms with Gasteiger partial charge < -0.3 is 0 Å². The number of hydrogen-bond donors (Lipinski definition) is 0. The monoisotopic (exact) mass is 208 g/mol. The molecule has 0 amide bonds. The van der Waals surface area contributed by atoms with Gasteiger partial charge in [0.25, 0.3) is 0 Å². The zero-order valence-electron chi connectivity index (χ0n) is 4.57. The van der Waals surface area contributed by atoms with Crippen molar-refractivity contribution in [3.63, 3.8) is 0 Å². The maximum absolute atomic E-state index is 8.27. The summed E-state index contributed by atoms with van der Waals surface area (Å²) in [5, 5.41) is 8.27. The van der Waals surface area contributed by atoms with Gasteiger partial charge in [0.05, 0.1) is 6.07 Å². The molecule has 0 radical (unpaired) electrons. The normalized spacial score (nSPS) is 7.00. The molecule has 0 spiro atoms. The molecular formula is C7H4NPd-. The van der Waals surface area contributed by atoms with Crippen molar-refractivity contribution in [3.05, 3.63) is 35.9 Å². The Balaban J connectivity index is 0.000000640. The van der Waals surface area contributed by atoms with Crippen molar-refractivity contribution >= 4 is 0 Å². The molecule has 0 aliphatic heterocycles. The third-order valence-corrected chi connectivity index (χ3v) is 0.847. The summed E-state index contributed by atoms with van der Waals surface area (Å²) in [4.78, 5) is 0. The number of benzene rings is 1. The van der Waals surface area contributed by atoms with Crippen molar-refractivity contribution in [2.45, 2.75) is 0 Å². The number of rotatable bonds is 0. The molecule has 0 aliphatic carbocycles. The van der Waals surface area contributed by atoms with Gasteiger partial charge in [-0.15, -0.1) is 0 Å². The van der Waals surface area contributed by atoms with Crippen molar-refractivity contribution < 1.29 is 20.4 Å². The molecule has 0 unspecified atom stereocenters. The van der Waals surface area contributed by atoms with Crippen LogP contribution in [0.5, 0.6) is 0 Å². The molecule has 0 saturated heterocycles. The average Bonchev–Trinajstić information content (AvgIpc) is 1.90. The van der Waals surface area contributed by atoms with Crippen LogP contribution in [0.25, 0.3) is 0 Å². The van der Waals surface area contributed by atoms with Gasteiger partial charge in [0.2, 0.25) is 0 Å². The Morgan fingerprint density at radius 2 is 1.89 bits per heavy atom. The van der Waals surface area contributed by atoms with Crippen LogP contribution in [0.4, 0.5) is 0 Å². The topological polar surface area (TPSA) is 23.8 Å². The molecule has 9 heavy (non-hydrogen) atoms. The Morgan fingerprint density at radius 1 is 1.33 bits per heavy atom. The molecule has 48 valence electrons. The van der Waals surface area contributed by atoms with E-state index in [0.717, 1.165) is 0 Å². The second kappa shape index (κ2) is 4.27. The molecule has 0 aromatic heterocycles. The maximum Gasteiger partial charge on any atom is 0.0725 e. The number of hydrogen-bond acceptors (Lipinski definition) is 1. The number of nitrogens with zero attached hydrogens (tertiary/aromatic N) is 1. The minimum Gasteiger partial charge on any atom is -0.195 e. The van der Waals surface area contributed by atoms with Gasteiger partial charge in [-0.1, -0.05) is 5.56 Å². The van der Waals surface area contributed by atoms with Gasteiger partial charge in [-0.3, -0.25) is 0 Å². The van der Waals surface area contributed by atoms with Gasteiger partial charge in [0, 0.05) is 20.4 Å². The van der Waals surface area contributed by atoms with Crippen molar-refractivity contribution in [2.24, 2.45) is 0 Å². The van der Waals surface area contributed by atoms with Crippen LogP contribution in [0.3, 0.4) is 0 Å². The molecule has 1 rings (SSSR count). The van der Waals surface area contributed by atoms with E-state index in [1.807, 2.05) is 6.07 Å². The Morgan fingerprint density at radius 3 is 2.22 bits per heavy atom. The van der Waals surface area contributed by atoms with Gasteiger partial charge in [0.1, 0.15) is 0 Å². The molecule has 0 bridgehead atoms. The molecule has 1 aromatic rings. The fourth-order valence-electron chi connectivity index (χ4n) is 0.461. The minimum absolute atomic E-state index is 0. The van der Waals surface area contributed by atoms with Crippen molar-refractivity contribution in [1.29, 1.82) is 5.26 Å². The third-order valence-electron chi connectivity index (χ3n) is 0.847. The summed E-state index contributed by atoms with van der Waals surface area (Å²) in [6.45, 7) is 0. The van der Waals surface area contributed by atoms with Crippen LogP contribution in [0.1, 0.15) is 5.56 Å². The summed E-state index contributed by atoms with van der Waals surface area (Å²) in [6, 6.07) is 11.7.